The number of carboxylic acid groups (broad SMARTS) is 1. The van der Waals surface area contributed by atoms with Crippen molar-refractivity contribution in [1.29, 1.82) is 0 Å². The van der Waals surface area contributed by atoms with Crippen molar-refractivity contribution in [3.05, 3.63) is 35.9 Å². The molecular weight excluding hydrogens is 246 g/mol. The first-order valence-electron chi connectivity index (χ1n) is 5.79. The Morgan fingerprint density at radius 3 is 2.74 bits per heavy atom. The quantitative estimate of drug-likeness (QED) is 0.832. The molecule has 0 radical (unpaired) electrons. The summed E-state index contributed by atoms with van der Waals surface area (Å²) in [5.41, 5.74) is 1.55. The molecule has 0 fully saturated rings. The summed E-state index contributed by atoms with van der Waals surface area (Å²) in [4.78, 5) is 29.2. The van der Waals surface area contributed by atoms with Gasteiger partial charge in [0, 0.05) is 24.2 Å². The van der Waals surface area contributed by atoms with E-state index in [2.05, 4.69) is 19.9 Å². The van der Waals surface area contributed by atoms with E-state index in [1.807, 2.05) is 6.92 Å². The first-order chi connectivity index (χ1) is 9.16. The second kappa shape index (κ2) is 4.27. The van der Waals surface area contributed by atoms with Gasteiger partial charge in [-0.1, -0.05) is 0 Å². The Morgan fingerprint density at radius 1 is 1.32 bits per heavy atom. The molecule has 0 saturated carbocycles. The Balaban J connectivity index is 2.00. The Hall–Kier alpha value is -2.57. The van der Waals surface area contributed by atoms with E-state index in [-0.39, 0.29) is 12.6 Å². The standard InChI is InChI=1S/C12H11N5O2/c1-7-8-5-15-11(10-13-3-2-4-14-10)16-9(8)6-17(7)12(18)19/h2-5,7H,6H2,1H3,(H,18,19). The minimum Gasteiger partial charge on any atom is -0.465 e. The van der Waals surface area contributed by atoms with Gasteiger partial charge in [0.1, 0.15) is 0 Å². The maximum absolute atomic E-state index is 11.1. The average molecular weight is 257 g/mol. The Kier molecular flexibility index (Phi) is 2.59. The van der Waals surface area contributed by atoms with Crippen molar-refractivity contribution in [2.24, 2.45) is 0 Å². The van der Waals surface area contributed by atoms with E-state index in [9.17, 15) is 4.79 Å². The Bertz CT molecular complexity index is 631. The van der Waals surface area contributed by atoms with Gasteiger partial charge in [0.25, 0.3) is 0 Å². The summed E-state index contributed by atoms with van der Waals surface area (Å²) in [6.45, 7) is 2.09. The van der Waals surface area contributed by atoms with Crippen LogP contribution in [0.25, 0.3) is 11.6 Å². The maximum atomic E-state index is 11.1. The molecular formula is C12H11N5O2. The monoisotopic (exact) mass is 257 g/mol. The number of amides is 1. The molecule has 0 saturated heterocycles. The molecule has 0 bridgehead atoms. The van der Waals surface area contributed by atoms with E-state index in [1.165, 1.54) is 4.90 Å². The van der Waals surface area contributed by atoms with Crippen LogP contribution < -0.4 is 0 Å². The third-order valence-electron chi connectivity index (χ3n) is 3.15. The molecule has 2 aromatic rings. The topological polar surface area (TPSA) is 92.1 Å². The smallest absolute Gasteiger partial charge is 0.408 e. The van der Waals surface area contributed by atoms with Crippen LogP contribution in [0.4, 0.5) is 4.79 Å². The fraction of sp³-hybridized carbons (Fsp3) is 0.250. The third-order valence-corrected chi connectivity index (χ3v) is 3.15. The third kappa shape index (κ3) is 1.88. The average Bonchev–Trinajstić information content (AvgIpc) is 2.77. The zero-order valence-corrected chi connectivity index (χ0v) is 10.2. The van der Waals surface area contributed by atoms with E-state index in [0.29, 0.717) is 17.3 Å². The number of hydrogen-bond acceptors (Lipinski definition) is 5. The van der Waals surface area contributed by atoms with Crippen LogP contribution in [0.2, 0.25) is 0 Å². The highest BCUT2D eigenvalue weighted by atomic mass is 16.4. The highest BCUT2D eigenvalue weighted by molar-refractivity contribution is 5.67. The molecule has 1 aliphatic heterocycles. The van der Waals surface area contributed by atoms with E-state index in [0.717, 1.165) is 5.56 Å². The molecule has 1 atom stereocenters. The van der Waals surface area contributed by atoms with Gasteiger partial charge in [-0.05, 0) is 13.0 Å². The zero-order chi connectivity index (χ0) is 13.4. The SMILES string of the molecule is CC1c2cnc(-c3ncccn3)nc2CN1C(=O)O. The molecule has 1 amide bonds. The molecule has 1 aliphatic rings. The van der Waals surface area contributed by atoms with Gasteiger partial charge in [0.05, 0.1) is 18.3 Å². The molecule has 0 aromatic carbocycles. The Labute approximate surface area is 109 Å². The van der Waals surface area contributed by atoms with Gasteiger partial charge in [0.15, 0.2) is 11.6 Å². The van der Waals surface area contributed by atoms with Crippen LogP contribution >= 0.6 is 0 Å². The summed E-state index contributed by atoms with van der Waals surface area (Å²) >= 11 is 0. The van der Waals surface area contributed by atoms with Crippen LogP contribution in [-0.2, 0) is 6.54 Å². The molecule has 19 heavy (non-hydrogen) atoms. The summed E-state index contributed by atoms with van der Waals surface area (Å²) in [6, 6.07) is 1.49. The molecule has 3 rings (SSSR count). The van der Waals surface area contributed by atoms with Crippen molar-refractivity contribution in [3.8, 4) is 11.6 Å². The molecule has 96 valence electrons. The first-order valence-corrected chi connectivity index (χ1v) is 5.79. The van der Waals surface area contributed by atoms with Gasteiger partial charge < -0.3 is 5.11 Å². The van der Waals surface area contributed by atoms with E-state index < -0.39 is 6.09 Å². The lowest BCUT2D eigenvalue weighted by Gasteiger charge is -2.16. The van der Waals surface area contributed by atoms with Gasteiger partial charge in [-0.2, -0.15) is 0 Å². The fourth-order valence-electron chi connectivity index (χ4n) is 2.12. The lowest BCUT2D eigenvalue weighted by molar-refractivity contribution is 0.132. The highest BCUT2D eigenvalue weighted by Gasteiger charge is 2.32. The minimum absolute atomic E-state index is 0.224. The lowest BCUT2D eigenvalue weighted by atomic mass is 10.2. The van der Waals surface area contributed by atoms with Crippen molar-refractivity contribution in [3.63, 3.8) is 0 Å². The van der Waals surface area contributed by atoms with Gasteiger partial charge in [0.2, 0.25) is 0 Å². The predicted molar refractivity (Wildman–Crippen MR) is 65.0 cm³/mol. The normalized spacial score (nSPS) is 17.3. The number of rotatable bonds is 1. The van der Waals surface area contributed by atoms with Gasteiger partial charge in [-0.3, -0.25) is 4.90 Å². The number of carbonyl (C=O) groups is 1. The van der Waals surface area contributed by atoms with E-state index in [1.54, 1.807) is 24.7 Å². The summed E-state index contributed by atoms with van der Waals surface area (Å²) < 4.78 is 0. The largest absolute Gasteiger partial charge is 0.465 e. The molecule has 1 unspecified atom stereocenters. The van der Waals surface area contributed by atoms with E-state index >= 15 is 0 Å². The lowest BCUT2D eigenvalue weighted by Crippen LogP contribution is -2.26. The summed E-state index contributed by atoms with van der Waals surface area (Å²) in [7, 11) is 0. The Morgan fingerprint density at radius 2 is 2.05 bits per heavy atom. The molecule has 1 N–H and O–H groups in total. The second-order valence-corrected chi connectivity index (χ2v) is 4.25. The number of fused-ring (bicyclic) bond motifs is 1. The van der Waals surface area contributed by atoms with Crippen LogP contribution in [0.15, 0.2) is 24.7 Å². The molecule has 7 nitrogen and oxygen atoms in total. The summed E-state index contributed by atoms with van der Waals surface area (Å²) in [6.07, 6.45) is 3.93. The first kappa shape index (κ1) is 11.5. The van der Waals surface area contributed by atoms with Crippen molar-refractivity contribution < 1.29 is 9.90 Å². The predicted octanol–water partition coefficient (Wildman–Crippen LogP) is 1.49. The van der Waals surface area contributed by atoms with Gasteiger partial charge >= 0.3 is 6.09 Å². The van der Waals surface area contributed by atoms with Gasteiger partial charge in [-0.25, -0.2) is 24.7 Å². The molecule has 0 aliphatic carbocycles. The molecule has 2 aromatic heterocycles. The highest BCUT2D eigenvalue weighted by Crippen LogP contribution is 2.32. The summed E-state index contributed by atoms with van der Waals surface area (Å²) in [5.74, 6) is 0.852. The van der Waals surface area contributed by atoms with Crippen LogP contribution in [0.3, 0.4) is 0 Å². The minimum atomic E-state index is -0.956. The number of hydrogen-bond donors (Lipinski definition) is 1. The zero-order valence-electron chi connectivity index (χ0n) is 10.2. The van der Waals surface area contributed by atoms with E-state index in [4.69, 9.17) is 5.11 Å². The van der Waals surface area contributed by atoms with Crippen LogP contribution in [-0.4, -0.2) is 36.0 Å². The van der Waals surface area contributed by atoms with Crippen LogP contribution in [0.5, 0.6) is 0 Å². The van der Waals surface area contributed by atoms with Crippen LogP contribution in [0, 0.1) is 0 Å². The van der Waals surface area contributed by atoms with Crippen LogP contribution in [0.1, 0.15) is 24.2 Å². The number of aromatic nitrogens is 4. The van der Waals surface area contributed by atoms with Crippen molar-refractivity contribution in [2.75, 3.05) is 0 Å². The molecule has 7 heteroatoms. The van der Waals surface area contributed by atoms with Crippen molar-refractivity contribution in [1.82, 2.24) is 24.8 Å². The van der Waals surface area contributed by atoms with Gasteiger partial charge in [-0.15, -0.1) is 0 Å². The van der Waals surface area contributed by atoms with Crippen molar-refractivity contribution >= 4 is 6.09 Å². The van der Waals surface area contributed by atoms with Crippen molar-refractivity contribution in [2.45, 2.75) is 19.5 Å². The fourth-order valence-corrected chi connectivity index (χ4v) is 2.12. The second-order valence-electron chi connectivity index (χ2n) is 4.25. The molecule has 3 heterocycles. The number of nitrogens with zero attached hydrogens (tertiary/aromatic N) is 5. The summed E-state index contributed by atoms with van der Waals surface area (Å²) in [5, 5.41) is 9.10. The maximum Gasteiger partial charge on any atom is 0.408 e. The molecule has 0 spiro atoms.